The fourth-order valence-electron chi connectivity index (χ4n) is 1.83. The van der Waals surface area contributed by atoms with E-state index in [2.05, 4.69) is 11.9 Å². The molecular formula is C14H16Cl2N2O2. The first-order valence-electron chi connectivity index (χ1n) is 6.29. The molecular weight excluding hydrogens is 299 g/mol. The molecule has 0 atom stereocenters. The molecule has 2 rings (SSSR count). The maximum absolute atomic E-state index is 11.6. The number of rotatable bonds is 5. The second-order valence-corrected chi connectivity index (χ2v) is 5.39. The van der Waals surface area contributed by atoms with Gasteiger partial charge in [0, 0.05) is 16.6 Å². The van der Waals surface area contributed by atoms with E-state index in [9.17, 15) is 4.79 Å². The molecule has 1 aromatic rings. The Balaban J connectivity index is 1.72. The number of nitrogens with zero attached hydrogens (tertiary/aromatic N) is 1. The van der Waals surface area contributed by atoms with Gasteiger partial charge in [-0.1, -0.05) is 35.3 Å². The minimum absolute atomic E-state index is 0.0521. The number of likely N-dealkylation sites (tertiary alicyclic amines) is 1. The van der Waals surface area contributed by atoms with E-state index in [1.807, 2.05) is 6.07 Å². The number of nitrogens with one attached hydrogen (secondary N) is 1. The van der Waals surface area contributed by atoms with Crippen LogP contribution in [0.4, 0.5) is 4.79 Å². The van der Waals surface area contributed by atoms with Crippen LogP contribution in [0.5, 0.6) is 0 Å². The Kier molecular flexibility index (Phi) is 5.29. The summed E-state index contributed by atoms with van der Waals surface area (Å²) in [5.41, 5.74) is 0.894. The summed E-state index contributed by atoms with van der Waals surface area (Å²) in [7, 11) is 0. The summed E-state index contributed by atoms with van der Waals surface area (Å²) in [5.74, 6) is 0. The molecule has 6 heteroatoms. The molecule has 0 aliphatic carbocycles. The minimum Gasteiger partial charge on any atom is -0.370 e. The number of carbonyl (C=O) groups is 1. The Labute approximate surface area is 128 Å². The molecule has 1 heterocycles. The quantitative estimate of drug-likeness (QED) is 0.849. The topological polar surface area (TPSA) is 41.6 Å². The monoisotopic (exact) mass is 314 g/mol. The summed E-state index contributed by atoms with van der Waals surface area (Å²) in [5, 5.41) is 3.92. The van der Waals surface area contributed by atoms with Crippen LogP contribution >= 0.6 is 23.2 Å². The van der Waals surface area contributed by atoms with Gasteiger partial charge in [0.1, 0.15) is 0 Å². The molecule has 1 aliphatic heterocycles. The van der Waals surface area contributed by atoms with Crippen LogP contribution in [0.15, 0.2) is 30.9 Å². The fourth-order valence-corrected chi connectivity index (χ4v) is 2.29. The van der Waals surface area contributed by atoms with Gasteiger partial charge in [-0.3, -0.25) is 0 Å². The molecule has 1 N–H and O–H groups in total. The third-order valence-corrected chi connectivity index (χ3v) is 3.61. The Bertz CT molecular complexity index is 502. The number of hydrogen-bond donors (Lipinski definition) is 1. The third-order valence-electron chi connectivity index (χ3n) is 3.02. The lowest BCUT2D eigenvalue weighted by molar-refractivity contribution is -0.0440. The van der Waals surface area contributed by atoms with Gasteiger partial charge < -0.3 is 15.0 Å². The number of hydrogen-bond acceptors (Lipinski definition) is 2. The smallest absolute Gasteiger partial charge is 0.317 e. The van der Waals surface area contributed by atoms with Crippen molar-refractivity contribution in [1.29, 1.82) is 0 Å². The zero-order valence-electron chi connectivity index (χ0n) is 10.9. The summed E-state index contributed by atoms with van der Waals surface area (Å²) in [4.78, 5) is 13.3. The summed E-state index contributed by atoms with van der Waals surface area (Å²) in [6.07, 6.45) is 1.70. The molecule has 0 saturated carbocycles. The van der Waals surface area contributed by atoms with Gasteiger partial charge >= 0.3 is 6.03 Å². The first-order valence-corrected chi connectivity index (χ1v) is 7.05. The molecule has 4 nitrogen and oxygen atoms in total. The van der Waals surface area contributed by atoms with E-state index in [0.29, 0.717) is 36.3 Å². The van der Waals surface area contributed by atoms with Crippen molar-refractivity contribution in [1.82, 2.24) is 10.2 Å². The molecule has 0 bridgehead atoms. The van der Waals surface area contributed by atoms with Crippen LogP contribution in [0, 0.1) is 0 Å². The molecule has 0 aromatic heterocycles. The Morgan fingerprint density at radius 1 is 1.50 bits per heavy atom. The number of benzene rings is 1. The van der Waals surface area contributed by atoms with Crippen LogP contribution in [0.2, 0.25) is 10.0 Å². The zero-order valence-corrected chi connectivity index (χ0v) is 12.5. The van der Waals surface area contributed by atoms with Gasteiger partial charge in [0.2, 0.25) is 0 Å². The maximum Gasteiger partial charge on any atom is 0.317 e. The standard InChI is InChI=1S/C14H16Cl2N2O2/c1-2-5-17-14(19)18-7-12(8-18)20-9-10-3-4-11(15)6-13(10)16/h2-4,6,12H,1,5,7-9H2,(H,17,19). The van der Waals surface area contributed by atoms with Crippen LogP contribution in [-0.4, -0.2) is 36.7 Å². The van der Waals surface area contributed by atoms with E-state index in [-0.39, 0.29) is 12.1 Å². The van der Waals surface area contributed by atoms with Crippen molar-refractivity contribution < 1.29 is 9.53 Å². The molecule has 1 fully saturated rings. The molecule has 0 radical (unpaired) electrons. The van der Waals surface area contributed by atoms with Crippen molar-refractivity contribution in [3.05, 3.63) is 46.5 Å². The lowest BCUT2D eigenvalue weighted by Gasteiger charge is -2.38. The van der Waals surface area contributed by atoms with Crippen LogP contribution in [0.25, 0.3) is 0 Å². The normalized spacial score (nSPS) is 14.8. The predicted molar refractivity (Wildman–Crippen MR) is 80.2 cm³/mol. The fraction of sp³-hybridized carbons (Fsp3) is 0.357. The van der Waals surface area contributed by atoms with Crippen molar-refractivity contribution >= 4 is 29.2 Å². The predicted octanol–water partition coefficient (Wildman–Crippen LogP) is 3.09. The highest BCUT2D eigenvalue weighted by atomic mass is 35.5. The third kappa shape index (κ3) is 3.88. The van der Waals surface area contributed by atoms with Crippen LogP contribution < -0.4 is 5.32 Å². The molecule has 0 spiro atoms. The van der Waals surface area contributed by atoms with E-state index in [4.69, 9.17) is 27.9 Å². The average Bonchev–Trinajstić information content (AvgIpc) is 2.36. The number of halogens is 2. The van der Waals surface area contributed by atoms with E-state index < -0.39 is 0 Å². The van der Waals surface area contributed by atoms with Gasteiger partial charge in [-0.25, -0.2) is 4.79 Å². The lowest BCUT2D eigenvalue weighted by Crippen LogP contribution is -2.57. The highest BCUT2D eigenvalue weighted by molar-refractivity contribution is 6.35. The van der Waals surface area contributed by atoms with Crippen molar-refractivity contribution in [3.8, 4) is 0 Å². The van der Waals surface area contributed by atoms with E-state index in [1.165, 1.54) is 0 Å². The number of ether oxygens (including phenoxy) is 1. The summed E-state index contributed by atoms with van der Waals surface area (Å²) >= 11 is 11.9. The van der Waals surface area contributed by atoms with Gasteiger partial charge in [-0.2, -0.15) is 0 Å². The molecule has 2 amide bonds. The van der Waals surface area contributed by atoms with Gasteiger partial charge in [0.15, 0.2) is 0 Å². The molecule has 0 unspecified atom stereocenters. The number of amides is 2. The van der Waals surface area contributed by atoms with E-state index in [1.54, 1.807) is 23.1 Å². The SMILES string of the molecule is C=CCNC(=O)N1CC(OCc2ccc(Cl)cc2Cl)C1. The van der Waals surface area contributed by atoms with Crippen LogP contribution in [0.3, 0.4) is 0 Å². The first-order chi connectivity index (χ1) is 9.60. The first kappa shape index (κ1) is 15.2. The highest BCUT2D eigenvalue weighted by Crippen LogP contribution is 2.23. The maximum atomic E-state index is 11.6. The second kappa shape index (κ2) is 6.97. The largest absolute Gasteiger partial charge is 0.370 e. The second-order valence-electron chi connectivity index (χ2n) is 4.55. The zero-order chi connectivity index (χ0) is 14.5. The summed E-state index contributed by atoms with van der Waals surface area (Å²) in [6, 6.07) is 5.23. The average molecular weight is 315 g/mol. The van der Waals surface area contributed by atoms with Gasteiger partial charge in [-0.15, -0.1) is 6.58 Å². The molecule has 1 saturated heterocycles. The van der Waals surface area contributed by atoms with Gasteiger partial charge in [0.25, 0.3) is 0 Å². The van der Waals surface area contributed by atoms with Gasteiger partial charge in [-0.05, 0) is 17.7 Å². The highest BCUT2D eigenvalue weighted by Gasteiger charge is 2.31. The van der Waals surface area contributed by atoms with E-state index in [0.717, 1.165) is 5.56 Å². The Morgan fingerprint density at radius 3 is 2.90 bits per heavy atom. The molecule has 108 valence electrons. The molecule has 20 heavy (non-hydrogen) atoms. The number of urea groups is 1. The van der Waals surface area contributed by atoms with Crippen molar-refractivity contribution in [2.24, 2.45) is 0 Å². The summed E-state index contributed by atoms with van der Waals surface area (Å²) in [6.45, 7) is 5.62. The molecule has 1 aromatic carbocycles. The van der Waals surface area contributed by atoms with Crippen molar-refractivity contribution in [2.45, 2.75) is 12.7 Å². The van der Waals surface area contributed by atoms with Crippen LogP contribution in [0.1, 0.15) is 5.56 Å². The van der Waals surface area contributed by atoms with Crippen molar-refractivity contribution in [2.75, 3.05) is 19.6 Å². The molecule has 1 aliphatic rings. The Hall–Kier alpha value is -1.23. The van der Waals surface area contributed by atoms with Crippen molar-refractivity contribution in [3.63, 3.8) is 0 Å². The lowest BCUT2D eigenvalue weighted by atomic mass is 10.1. The van der Waals surface area contributed by atoms with E-state index >= 15 is 0 Å². The van der Waals surface area contributed by atoms with Gasteiger partial charge in [0.05, 0.1) is 25.8 Å². The Morgan fingerprint density at radius 2 is 2.25 bits per heavy atom. The van der Waals surface area contributed by atoms with Crippen LogP contribution in [-0.2, 0) is 11.3 Å². The number of carbonyl (C=O) groups excluding carboxylic acids is 1. The summed E-state index contributed by atoms with van der Waals surface area (Å²) < 4.78 is 5.70. The minimum atomic E-state index is -0.0886.